The average Bonchev–Trinajstić information content (AvgIpc) is 2.87. The standard InChI is InChI=1S/C14H19N3O3/c1-20-12-4-2-11(3-5-12)17-9-10(8-13(17)18)14(19)16-7-6-15/h2-5,10H,6-9,15H2,1H3,(H,16,19)/t10-/m0/s1. The Morgan fingerprint density at radius 3 is 2.75 bits per heavy atom. The van der Waals surface area contributed by atoms with Gasteiger partial charge in [0.15, 0.2) is 0 Å². The highest BCUT2D eigenvalue weighted by molar-refractivity contribution is 6.00. The minimum Gasteiger partial charge on any atom is -0.497 e. The van der Waals surface area contributed by atoms with Gasteiger partial charge in [-0.3, -0.25) is 9.59 Å². The summed E-state index contributed by atoms with van der Waals surface area (Å²) in [5.74, 6) is 0.275. The van der Waals surface area contributed by atoms with Crippen molar-refractivity contribution in [2.24, 2.45) is 11.7 Å². The van der Waals surface area contributed by atoms with Gasteiger partial charge in [0.05, 0.1) is 13.0 Å². The first-order chi connectivity index (χ1) is 9.65. The molecule has 1 fully saturated rings. The lowest BCUT2D eigenvalue weighted by Gasteiger charge is -2.17. The Morgan fingerprint density at radius 1 is 1.45 bits per heavy atom. The smallest absolute Gasteiger partial charge is 0.227 e. The van der Waals surface area contributed by atoms with Crippen LogP contribution in [0.1, 0.15) is 6.42 Å². The Hall–Kier alpha value is -2.08. The van der Waals surface area contributed by atoms with Crippen LogP contribution >= 0.6 is 0 Å². The lowest BCUT2D eigenvalue weighted by molar-refractivity contribution is -0.126. The second-order valence-corrected chi connectivity index (χ2v) is 4.68. The van der Waals surface area contributed by atoms with Gasteiger partial charge in [-0.1, -0.05) is 0 Å². The molecule has 0 aromatic heterocycles. The second-order valence-electron chi connectivity index (χ2n) is 4.68. The number of nitrogens with two attached hydrogens (primary N) is 1. The summed E-state index contributed by atoms with van der Waals surface area (Å²) in [7, 11) is 1.59. The Balaban J connectivity index is 2.03. The van der Waals surface area contributed by atoms with E-state index in [0.29, 0.717) is 19.6 Å². The van der Waals surface area contributed by atoms with Crippen LogP contribution in [0.2, 0.25) is 0 Å². The summed E-state index contributed by atoms with van der Waals surface area (Å²) in [6.07, 6.45) is 0.239. The third kappa shape index (κ3) is 3.08. The number of nitrogens with zero attached hydrogens (tertiary/aromatic N) is 1. The molecule has 1 aliphatic heterocycles. The molecule has 0 spiro atoms. The molecule has 0 aliphatic carbocycles. The SMILES string of the molecule is COc1ccc(N2C[C@@H](C(=O)NCCN)CC2=O)cc1. The van der Waals surface area contributed by atoms with Crippen molar-refractivity contribution in [1.29, 1.82) is 0 Å². The summed E-state index contributed by atoms with van der Waals surface area (Å²) in [5.41, 5.74) is 6.13. The summed E-state index contributed by atoms with van der Waals surface area (Å²) in [5, 5.41) is 2.72. The first-order valence-electron chi connectivity index (χ1n) is 6.58. The number of carbonyl (C=O) groups is 2. The van der Waals surface area contributed by atoms with E-state index in [9.17, 15) is 9.59 Å². The maximum atomic E-state index is 12.0. The normalized spacial score (nSPS) is 18.2. The predicted octanol–water partition coefficient (Wildman–Crippen LogP) is 0.123. The van der Waals surface area contributed by atoms with Crippen LogP contribution in [0.5, 0.6) is 5.75 Å². The van der Waals surface area contributed by atoms with Crippen molar-refractivity contribution >= 4 is 17.5 Å². The molecule has 2 rings (SSSR count). The maximum absolute atomic E-state index is 12.0. The van der Waals surface area contributed by atoms with Gasteiger partial charge in [-0.2, -0.15) is 0 Å². The van der Waals surface area contributed by atoms with E-state index in [-0.39, 0.29) is 24.2 Å². The number of carbonyl (C=O) groups excluding carboxylic acids is 2. The van der Waals surface area contributed by atoms with E-state index < -0.39 is 0 Å². The molecule has 1 saturated heterocycles. The minimum atomic E-state index is -0.309. The van der Waals surface area contributed by atoms with E-state index in [0.717, 1.165) is 11.4 Å². The van der Waals surface area contributed by atoms with Gasteiger partial charge >= 0.3 is 0 Å². The number of nitrogens with one attached hydrogen (secondary N) is 1. The quantitative estimate of drug-likeness (QED) is 0.801. The molecule has 0 unspecified atom stereocenters. The molecule has 1 heterocycles. The van der Waals surface area contributed by atoms with Crippen molar-refractivity contribution in [3.8, 4) is 5.75 Å². The van der Waals surface area contributed by atoms with E-state index in [1.807, 2.05) is 12.1 Å². The molecule has 1 aromatic carbocycles. The number of amides is 2. The van der Waals surface area contributed by atoms with E-state index >= 15 is 0 Å². The number of hydrogen-bond acceptors (Lipinski definition) is 4. The van der Waals surface area contributed by atoms with Crippen LogP contribution in [0.25, 0.3) is 0 Å². The number of rotatable bonds is 5. The zero-order valence-electron chi connectivity index (χ0n) is 11.5. The fourth-order valence-corrected chi connectivity index (χ4v) is 2.23. The van der Waals surface area contributed by atoms with Crippen molar-refractivity contribution in [2.75, 3.05) is 31.6 Å². The van der Waals surface area contributed by atoms with Crippen LogP contribution in [0.15, 0.2) is 24.3 Å². The molecule has 20 heavy (non-hydrogen) atoms. The van der Waals surface area contributed by atoms with Gasteiger partial charge in [-0.05, 0) is 24.3 Å². The molecule has 3 N–H and O–H groups in total. The zero-order valence-corrected chi connectivity index (χ0v) is 11.5. The van der Waals surface area contributed by atoms with E-state index in [1.54, 1.807) is 24.1 Å². The minimum absolute atomic E-state index is 0.0388. The van der Waals surface area contributed by atoms with Gasteiger partial charge in [0, 0.05) is 31.7 Å². The van der Waals surface area contributed by atoms with Gasteiger partial charge in [-0.25, -0.2) is 0 Å². The summed E-state index contributed by atoms with van der Waals surface area (Å²) in [6.45, 7) is 1.24. The molecule has 108 valence electrons. The molecule has 0 saturated carbocycles. The lowest BCUT2D eigenvalue weighted by Crippen LogP contribution is -2.35. The first kappa shape index (κ1) is 14.3. The third-order valence-electron chi connectivity index (χ3n) is 3.32. The summed E-state index contributed by atoms with van der Waals surface area (Å²) < 4.78 is 5.08. The van der Waals surface area contributed by atoms with Gasteiger partial charge < -0.3 is 20.7 Å². The number of anilines is 1. The van der Waals surface area contributed by atoms with Crippen LogP contribution in [0, 0.1) is 5.92 Å². The number of methoxy groups -OCH3 is 1. The lowest BCUT2D eigenvalue weighted by atomic mass is 10.1. The summed E-state index contributed by atoms with van der Waals surface area (Å²) >= 11 is 0. The van der Waals surface area contributed by atoms with Gasteiger partial charge in [0.2, 0.25) is 11.8 Å². The Bertz CT molecular complexity index is 487. The number of ether oxygens (including phenoxy) is 1. The highest BCUT2D eigenvalue weighted by Crippen LogP contribution is 2.26. The molecule has 1 atom stereocenters. The molecular formula is C14H19N3O3. The van der Waals surface area contributed by atoms with Crippen LogP contribution in [-0.2, 0) is 9.59 Å². The molecule has 6 heteroatoms. The molecule has 0 radical (unpaired) electrons. The highest BCUT2D eigenvalue weighted by Gasteiger charge is 2.34. The maximum Gasteiger partial charge on any atom is 0.227 e. The van der Waals surface area contributed by atoms with Crippen molar-refractivity contribution in [1.82, 2.24) is 5.32 Å². The van der Waals surface area contributed by atoms with Crippen molar-refractivity contribution in [3.63, 3.8) is 0 Å². The Morgan fingerprint density at radius 2 is 2.15 bits per heavy atom. The molecule has 1 aromatic rings. The van der Waals surface area contributed by atoms with E-state index in [4.69, 9.17) is 10.5 Å². The second kappa shape index (κ2) is 6.38. The van der Waals surface area contributed by atoms with Crippen LogP contribution < -0.4 is 20.7 Å². The van der Waals surface area contributed by atoms with Crippen molar-refractivity contribution in [3.05, 3.63) is 24.3 Å². The number of hydrogen-bond donors (Lipinski definition) is 2. The predicted molar refractivity (Wildman–Crippen MR) is 75.5 cm³/mol. The topological polar surface area (TPSA) is 84.7 Å². The van der Waals surface area contributed by atoms with E-state index in [1.165, 1.54) is 0 Å². The Labute approximate surface area is 117 Å². The molecule has 0 bridgehead atoms. The molecule has 6 nitrogen and oxygen atoms in total. The Kier molecular flexibility index (Phi) is 4.57. The molecule has 2 amide bonds. The summed E-state index contributed by atoms with van der Waals surface area (Å²) in [6, 6.07) is 7.22. The van der Waals surface area contributed by atoms with Crippen molar-refractivity contribution in [2.45, 2.75) is 6.42 Å². The van der Waals surface area contributed by atoms with Crippen LogP contribution in [0.3, 0.4) is 0 Å². The zero-order chi connectivity index (χ0) is 14.5. The van der Waals surface area contributed by atoms with Crippen LogP contribution in [0.4, 0.5) is 5.69 Å². The first-order valence-corrected chi connectivity index (χ1v) is 6.58. The monoisotopic (exact) mass is 277 g/mol. The molecular weight excluding hydrogens is 258 g/mol. The van der Waals surface area contributed by atoms with Gasteiger partial charge in [-0.15, -0.1) is 0 Å². The molecule has 1 aliphatic rings. The fraction of sp³-hybridized carbons (Fsp3) is 0.429. The van der Waals surface area contributed by atoms with Gasteiger partial charge in [0.25, 0.3) is 0 Å². The van der Waals surface area contributed by atoms with Gasteiger partial charge in [0.1, 0.15) is 5.75 Å². The van der Waals surface area contributed by atoms with E-state index in [2.05, 4.69) is 5.32 Å². The third-order valence-corrected chi connectivity index (χ3v) is 3.32. The van der Waals surface area contributed by atoms with Crippen LogP contribution in [-0.4, -0.2) is 38.6 Å². The largest absolute Gasteiger partial charge is 0.497 e. The highest BCUT2D eigenvalue weighted by atomic mass is 16.5. The fourth-order valence-electron chi connectivity index (χ4n) is 2.23. The average molecular weight is 277 g/mol. The summed E-state index contributed by atoms with van der Waals surface area (Å²) in [4.78, 5) is 25.5. The number of benzene rings is 1. The van der Waals surface area contributed by atoms with Crippen molar-refractivity contribution < 1.29 is 14.3 Å².